The third-order valence-corrected chi connectivity index (χ3v) is 6.43. The van der Waals surface area contributed by atoms with Crippen LogP contribution in [0.3, 0.4) is 0 Å². The third-order valence-electron chi connectivity index (χ3n) is 4.90. The lowest BCUT2D eigenvalue weighted by Crippen LogP contribution is -2.13. The maximum atomic E-state index is 13.0. The number of hydrogen-bond acceptors (Lipinski definition) is 6. The Balaban J connectivity index is 1.68. The SMILES string of the molecule is CCCn1ncc(C(=O)C[C@H](C)c2ncc(C(=O)Nc3cc(C(F)(F)F)c(Cl)cn3)s2)c1C. The Morgan fingerprint density at radius 2 is 1.97 bits per heavy atom. The summed E-state index contributed by atoms with van der Waals surface area (Å²) in [6.45, 7) is 6.42. The number of ketones is 1. The summed E-state index contributed by atoms with van der Waals surface area (Å²) in [6, 6.07) is 0.671. The molecule has 0 aromatic carbocycles. The molecule has 0 aliphatic rings. The molecule has 0 bridgehead atoms. The summed E-state index contributed by atoms with van der Waals surface area (Å²) in [5, 5.41) is 6.57. The summed E-state index contributed by atoms with van der Waals surface area (Å²) in [5.41, 5.74) is 0.269. The highest BCUT2D eigenvalue weighted by atomic mass is 35.5. The van der Waals surface area contributed by atoms with Crippen molar-refractivity contribution < 1.29 is 22.8 Å². The van der Waals surface area contributed by atoms with Crippen molar-refractivity contribution >= 4 is 40.4 Å². The zero-order chi connectivity index (χ0) is 24.3. The van der Waals surface area contributed by atoms with E-state index < -0.39 is 22.7 Å². The minimum atomic E-state index is -4.68. The van der Waals surface area contributed by atoms with Gasteiger partial charge in [0.1, 0.15) is 10.7 Å². The molecule has 3 aromatic heterocycles. The van der Waals surface area contributed by atoms with Crippen LogP contribution >= 0.6 is 22.9 Å². The Morgan fingerprint density at radius 3 is 2.64 bits per heavy atom. The summed E-state index contributed by atoms with van der Waals surface area (Å²) in [7, 11) is 0. The predicted molar refractivity (Wildman–Crippen MR) is 119 cm³/mol. The molecule has 0 aliphatic carbocycles. The molecule has 0 unspecified atom stereocenters. The van der Waals surface area contributed by atoms with Gasteiger partial charge in [0.05, 0.1) is 33.6 Å². The van der Waals surface area contributed by atoms with Gasteiger partial charge in [0, 0.05) is 30.8 Å². The molecule has 0 spiro atoms. The first kappa shape index (κ1) is 24.8. The van der Waals surface area contributed by atoms with E-state index in [2.05, 4.69) is 20.4 Å². The van der Waals surface area contributed by atoms with Crippen LogP contribution in [0, 0.1) is 6.92 Å². The molecule has 3 heterocycles. The van der Waals surface area contributed by atoms with Crippen molar-refractivity contribution in [1.29, 1.82) is 0 Å². The third kappa shape index (κ3) is 5.77. The average molecular weight is 500 g/mol. The van der Waals surface area contributed by atoms with Gasteiger partial charge in [-0.3, -0.25) is 14.3 Å². The summed E-state index contributed by atoms with van der Waals surface area (Å²) in [5.74, 6) is -1.27. The predicted octanol–water partition coefficient (Wildman–Crippen LogP) is 5.75. The molecule has 1 atom stereocenters. The molecule has 0 aliphatic heterocycles. The number of nitrogens with zero attached hydrogens (tertiary/aromatic N) is 4. The molecule has 1 amide bonds. The van der Waals surface area contributed by atoms with Crippen LogP contribution in [0.5, 0.6) is 0 Å². The lowest BCUT2D eigenvalue weighted by atomic mass is 10.0. The van der Waals surface area contributed by atoms with E-state index in [9.17, 15) is 22.8 Å². The van der Waals surface area contributed by atoms with E-state index in [1.54, 1.807) is 10.9 Å². The van der Waals surface area contributed by atoms with Crippen molar-refractivity contribution in [2.24, 2.45) is 0 Å². The first-order valence-electron chi connectivity index (χ1n) is 10.1. The number of hydrogen-bond donors (Lipinski definition) is 1. The monoisotopic (exact) mass is 499 g/mol. The molecule has 0 fully saturated rings. The maximum absolute atomic E-state index is 13.0. The van der Waals surface area contributed by atoms with Gasteiger partial charge in [-0.2, -0.15) is 18.3 Å². The second-order valence-electron chi connectivity index (χ2n) is 7.46. The Hall–Kier alpha value is -2.79. The smallest absolute Gasteiger partial charge is 0.306 e. The molecule has 7 nitrogen and oxygen atoms in total. The number of anilines is 1. The molecule has 0 radical (unpaired) electrons. The number of halogens is 4. The van der Waals surface area contributed by atoms with E-state index >= 15 is 0 Å². The summed E-state index contributed by atoms with van der Waals surface area (Å²) >= 11 is 6.61. The average Bonchev–Trinajstić information content (AvgIpc) is 3.37. The van der Waals surface area contributed by atoms with E-state index in [4.69, 9.17) is 11.6 Å². The first-order chi connectivity index (χ1) is 15.5. The van der Waals surface area contributed by atoms with Gasteiger partial charge in [0.15, 0.2) is 5.78 Å². The number of nitrogens with one attached hydrogen (secondary N) is 1. The highest BCUT2D eigenvalue weighted by Crippen LogP contribution is 2.35. The lowest BCUT2D eigenvalue weighted by Gasteiger charge is -2.10. The van der Waals surface area contributed by atoms with Gasteiger partial charge in [0.25, 0.3) is 5.91 Å². The van der Waals surface area contributed by atoms with Crippen molar-refractivity contribution in [3.05, 3.63) is 56.4 Å². The molecule has 3 rings (SSSR count). The molecule has 12 heteroatoms. The number of Topliss-reactive ketones (excluding diaryl/α,β-unsaturated/α-hetero) is 1. The minimum Gasteiger partial charge on any atom is -0.306 e. The number of thiazole rings is 1. The maximum Gasteiger partial charge on any atom is 0.418 e. The van der Waals surface area contributed by atoms with Crippen LogP contribution in [0.25, 0.3) is 0 Å². The minimum absolute atomic E-state index is 0.0754. The second kappa shape index (κ2) is 10.0. The second-order valence-corrected chi connectivity index (χ2v) is 8.93. The van der Waals surface area contributed by atoms with E-state index in [-0.39, 0.29) is 28.8 Å². The fraction of sp³-hybridized carbons (Fsp3) is 0.381. The Bertz CT molecular complexity index is 1180. The Morgan fingerprint density at radius 1 is 1.24 bits per heavy atom. The highest BCUT2D eigenvalue weighted by molar-refractivity contribution is 7.13. The number of rotatable bonds is 8. The first-order valence-corrected chi connectivity index (χ1v) is 11.3. The quantitative estimate of drug-likeness (QED) is 0.398. The molecule has 0 saturated carbocycles. The van der Waals surface area contributed by atoms with Gasteiger partial charge in [-0.05, 0) is 19.4 Å². The van der Waals surface area contributed by atoms with Crippen LogP contribution in [-0.2, 0) is 12.7 Å². The van der Waals surface area contributed by atoms with Gasteiger partial charge < -0.3 is 5.32 Å². The van der Waals surface area contributed by atoms with Gasteiger partial charge in [0.2, 0.25) is 0 Å². The van der Waals surface area contributed by atoms with Crippen molar-refractivity contribution in [2.75, 3.05) is 5.32 Å². The van der Waals surface area contributed by atoms with Crippen molar-refractivity contribution in [3.8, 4) is 0 Å². The van der Waals surface area contributed by atoms with Crippen LogP contribution in [0.2, 0.25) is 5.02 Å². The number of aromatic nitrogens is 4. The molecule has 0 saturated heterocycles. The van der Waals surface area contributed by atoms with Crippen molar-refractivity contribution in [2.45, 2.75) is 52.3 Å². The number of carbonyl (C=O) groups excluding carboxylic acids is 2. The topological polar surface area (TPSA) is 89.8 Å². The van der Waals surface area contributed by atoms with Crippen LogP contribution in [-0.4, -0.2) is 31.4 Å². The van der Waals surface area contributed by atoms with Gasteiger partial charge in [-0.1, -0.05) is 25.4 Å². The number of alkyl halides is 3. The standard InChI is InChI=1S/C21H21ClF3N5O2S/c1-4-5-30-12(3)13(8-28-30)16(31)6-11(2)20-27-10-17(33-20)19(32)29-18-7-14(21(23,24)25)15(22)9-26-18/h7-11H,4-6H2,1-3H3,(H,26,29,32)/t11-/m0/s1. The molecule has 1 N–H and O–H groups in total. The Labute approximate surface area is 197 Å². The fourth-order valence-corrected chi connectivity index (χ4v) is 4.23. The molecular formula is C21H21ClF3N5O2S. The van der Waals surface area contributed by atoms with Crippen LogP contribution in [0.15, 0.2) is 24.7 Å². The highest BCUT2D eigenvalue weighted by Gasteiger charge is 2.34. The van der Waals surface area contributed by atoms with Gasteiger partial charge in [-0.15, -0.1) is 11.3 Å². The molecular weight excluding hydrogens is 479 g/mol. The van der Waals surface area contributed by atoms with E-state index in [0.29, 0.717) is 16.6 Å². The summed E-state index contributed by atoms with van der Waals surface area (Å²) in [4.78, 5) is 33.3. The fourth-order valence-electron chi connectivity index (χ4n) is 3.16. The normalized spacial score (nSPS) is 12.6. The van der Waals surface area contributed by atoms with Gasteiger partial charge in [-0.25, -0.2) is 9.97 Å². The Kier molecular flexibility index (Phi) is 7.53. The van der Waals surface area contributed by atoms with Gasteiger partial charge >= 0.3 is 6.18 Å². The zero-order valence-corrected chi connectivity index (χ0v) is 19.6. The summed E-state index contributed by atoms with van der Waals surface area (Å²) < 4.78 is 40.8. The van der Waals surface area contributed by atoms with E-state index in [1.165, 1.54) is 6.20 Å². The largest absolute Gasteiger partial charge is 0.418 e. The van der Waals surface area contributed by atoms with E-state index in [0.717, 1.165) is 36.2 Å². The number of amides is 1. The number of carbonyl (C=O) groups is 2. The van der Waals surface area contributed by atoms with Crippen LogP contribution in [0.4, 0.5) is 19.0 Å². The van der Waals surface area contributed by atoms with E-state index in [1.807, 2.05) is 20.8 Å². The van der Waals surface area contributed by atoms with Crippen molar-refractivity contribution in [3.63, 3.8) is 0 Å². The van der Waals surface area contributed by atoms with Crippen LogP contribution in [0.1, 0.15) is 68.9 Å². The molecule has 3 aromatic rings. The van der Waals surface area contributed by atoms with Crippen molar-refractivity contribution in [1.82, 2.24) is 19.7 Å². The zero-order valence-electron chi connectivity index (χ0n) is 18.0. The molecule has 176 valence electrons. The lowest BCUT2D eigenvalue weighted by molar-refractivity contribution is -0.137. The number of pyridine rings is 1. The molecule has 33 heavy (non-hydrogen) atoms. The van der Waals surface area contributed by atoms with Crippen LogP contribution < -0.4 is 5.32 Å². The number of aryl methyl sites for hydroxylation is 1. The summed E-state index contributed by atoms with van der Waals surface area (Å²) in [6.07, 6.45) is 0.123.